The van der Waals surface area contributed by atoms with Gasteiger partial charge in [0.15, 0.2) is 0 Å². The SMILES string of the molecule is O=S(=O)(Nc1cccc2c1CCCN2)NC1CC1. The van der Waals surface area contributed by atoms with E-state index >= 15 is 0 Å². The summed E-state index contributed by atoms with van der Waals surface area (Å²) in [5.74, 6) is 0. The molecule has 0 aromatic heterocycles. The summed E-state index contributed by atoms with van der Waals surface area (Å²) in [6.07, 6.45) is 3.82. The molecular formula is C12H17N3O2S. The maximum atomic E-state index is 11.9. The van der Waals surface area contributed by atoms with Gasteiger partial charge >= 0.3 is 0 Å². The Morgan fingerprint density at radius 1 is 1.28 bits per heavy atom. The average molecular weight is 267 g/mol. The quantitative estimate of drug-likeness (QED) is 0.773. The fourth-order valence-corrected chi connectivity index (χ4v) is 3.41. The van der Waals surface area contributed by atoms with Crippen LogP contribution in [0.2, 0.25) is 0 Å². The first-order valence-corrected chi connectivity index (χ1v) is 7.78. The molecule has 1 fully saturated rings. The summed E-state index contributed by atoms with van der Waals surface area (Å²) in [6, 6.07) is 5.80. The zero-order valence-corrected chi connectivity index (χ0v) is 10.9. The summed E-state index contributed by atoms with van der Waals surface area (Å²) >= 11 is 0. The summed E-state index contributed by atoms with van der Waals surface area (Å²) in [7, 11) is -3.43. The molecular weight excluding hydrogens is 250 g/mol. The molecule has 1 aromatic rings. The van der Waals surface area contributed by atoms with Crippen LogP contribution in [0.1, 0.15) is 24.8 Å². The lowest BCUT2D eigenvalue weighted by Gasteiger charge is -2.21. The Hall–Kier alpha value is -1.27. The highest BCUT2D eigenvalue weighted by Crippen LogP contribution is 2.29. The van der Waals surface area contributed by atoms with E-state index in [0.29, 0.717) is 5.69 Å². The minimum absolute atomic E-state index is 0.125. The number of anilines is 2. The van der Waals surface area contributed by atoms with Gasteiger partial charge in [0.2, 0.25) is 0 Å². The van der Waals surface area contributed by atoms with Crippen LogP contribution in [0.5, 0.6) is 0 Å². The Morgan fingerprint density at radius 2 is 2.11 bits per heavy atom. The average Bonchev–Trinajstić information content (AvgIpc) is 3.12. The zero-order chi connectivity index (χ0) is 12.6. The van der Waals surface area contributed by atoms with Gasteiger partial charge in [-0.05, 0) is 43.4 Å². The Kier molecular flexibility index (Phi) is 2.91. The van der Waals surface area contributed by atoms with Gasteiger partial charge in [-0.3, -0.25) is 4.72 Å². The molecule has 1 aliphatic heterocycles. The summed E-state index contributed by atoms with van der Waals surface area (Å²) < 4.78 is 29.1. The maximum absolute atomic E-state index is 11.9. The molecule has 1 heterocycles. The molecule has 0 bridgehead atoms. The second-order valence-corrected chi connectivity index (χ2v) is 6.31. The van der Waals surface area contributed by atoms with E-state index in [1.54, 1.807) is 0 Å². The van der Waals surface area contributed by atoms with Crippen molar-refractivity contribution in [3.05, 3.63) is 23.8 Å². The Bertz CT molecular complexity index is 552. The van der Waals surface area contributed by atoms with E-state index in [-0.39, 0.29) is 6.04 Å². The van der Waals surface area contributed by atoms with Crippen LogP contribution in [0.4, 0.5) is 11.4 Å². The van der Waals surface area contributed by atoms with Crippen molar-refractivity contribution in [1.82, 2.24) is 4.72 Å². The molecule has 0 atom stereocenters. The van der Waals surface area contributed by atoms with Gasteiger partial charge in [-0.1, -0.05) is 6.07 Å². The topological polar surface area (TPSA) is 70.2 Å². The Labute approximate surface area is 107 Å². The predicted molar refractivity (Wildman–Crippen MR) is 72.0 cm³/mol. The van der Waals surface area contributed by atoms with Gasteiger partial charge in [-0.2, -0.15) is 13.1 Å². The first-order valence-electron chi connectivity index (χ1n) is 6.30. The lowest BCUT2D eigenvalue weighted by atomic mass is 10.0. The van der Waals surface area contributed by atoms with E-state index in [1.807, 2.05) is 18.2 Å². The summed E-state index contributed by atoms with van der Waals surface area (Å²) in [5, 5.41) is 3.29. The smallest absolute Gasteiger partial charge is 0.299 e. The van der Waals surface area contributed by atoms with E-state index in [0.717, 1.165) is 43.5 Å². The number of benzene rings is 1. The third kappa shape index (κ3) is 2.59. The van der Waals surface area contributed by atoms with Crippen molar-refractivity contribution < 1.29 is 8.42 Å². The molecule has 0 unspecified atom stereocenters. The number of nitrogens with one attached hydrogen (secondary N) is 3. The third-order valence-electron chi connectivity index (χ3n) is 3.24. The van der Waals surface area contributed by atoms with Gasteiger partial charge in [0.05, 0.1) is 5.69 Å². The zero-order valence-electron chi connectivity index (χ0n) is 10.1. The second-order valence-electron chi connectivity index (χ2n) is 4.86. The van der Waals surface area contributed by atoms with Crippen LogP contribution in [0.25, 0.3) is 0 Å². The molecule has 1 aliphatic carbocycles. The molecule has 18 heavy (non-hydrogen) atoms. The molecule has 3 N–H and O–H groups in total. The number of hydrogen-bond acceptors (Lipinski definition) is 3. The molecule has 1 aromatic carbocycles. The molecule has 0 radical (unpaired) electrons. The van der Waals surface area contributed by atoms with Crippen molar-refractivity contribution in [3.63, 3.8) is 0 Å². The van der Waals surface area contributed by atoms with Crippen molar-refractivity contribution >= 4 is 21.6 Å². The van der Waals surface area contributed by atoms with Gasteiger partial charge < -0.3 is 5.32 Å². The molecule has 0 saturated heterocycles. The summed E-state index contributed by atoms with van der Waals surface area (Å²) in [6.45, 7) is 0.948. The van der Waals surface area contributed by atoms with Crippen LogP contribution < -0.4 is 14.8 Å². The largest absolute Gasteiger partial charge is 0.385 e. The molecule has 0 spiro atoms. The highest BCUT2D eigenvalue weighted by Gasteiger charge is 2.27. The van der Waals surface area contributed by atoms with E-state index in [9.17, 15) is 8.42 Å². The fraction of sp³-hybridized carbons (Fsp3) is 0.500. The highest BCUT2D eigenvalue weighted by atomic mass is 32.2. The lowest BCUT2D eigenvalue weighted by Crippen LogP contribution is -2.32. The first kappa shape index (κ1) is 11.8. The second kappa shape index (κ2) is 4.44. The molecule has 5 nitrogen and oxygen atoms in total. The minimum Gasteiger partial charge on any atom is -0.385 e. The van der Waals surface area contributed by atoms with E-state index < -0.39 is 10.2 Å². The standard InChI is InChI=1S/C12H17N3O2S/c16-18(17,14-9-6-7-9)15-12-5-1-4-11-10(12)3-2-8-13-11/h1,4-5,9,13-15H,2-3,6-8H2. The molecule has 1 saturated carbocycles. The van der Waals surface area contributed by atoms with Crippen molar-refractivity contribution in [3.8, 4) is 0 Å². The van der Waals surface area contributed by atoms with Gasteiger partial charge in [0.1, 0.15) is 0 Å². The van der Waals surface area contributed by atoms with Gasteiger partial charge in [-0.15, -0.1) is 0 Å². The number of fused-ring (bicyclic) bond motifs is 1. The first-order chi connectivity index (χ1) is 8.64. The Balaban J connectivity index is 1.83. The van der Waals surface area contributed by atoms with E-state index in [4.69, 9.17) is 0 Å². The predicted octanol–water partition coefficient (Wildman–Crippen LogP) is 1.45. The monoisotopic (exact) mass is 267 g/mol. The van der Waals surface area contributed by atoms with Crippen molar-refractivity contribution in [2.45, 2.75) is 31.7 Å². The van der Waals surface area contributed by atoms with Crippen molar-refractivity contribution in [2.75, 3.05) is 16.6 Å². The van der Waals surface area contributed by atoms with Crippen molar-refractivity contribution in [1.29, 1.82) is 0 Å². The number of hydrogen-bond donors (Lipinski definition) is 3. The maximum Gasteiger partial charge on any atom is 0.299 e. The molecule has 3 rings (SSSR count). The normalized spacial score (nSPS) is 18.9. The van der Waals surface area contributed by atoms with Crippen LogP contribution in [0, 0.1) is 0 Å². The molecule has 98 valence electrons. The minimum atomic E-state index is -3.43. The third-order valence-corrected chi connectivity index (χ3v) is 4.37. The highest BCUT2D eigenvalue weighted by molar-refractivity contribution is 7.90. The lowest BCUT2D eigenvalue weighted by molar-refractivity contribution is 0.586. The van der Waals surface area contributed by atoms with E-state index in [1.165, 1.54) is 0 Å². The number of rotatable bonds is 4. The van der Waals surface area contributed by atoms with E-state index in [2.05, 4.69) is 14.8 Å². The van der Waals surface area contributed by atoms with Gasteiger partial charge in [0, 0.05) is 18.3 Å². The summed E-state index contributed by atoms with van der Waals surface area (Å²) in [4.78, 5) is 0. The van der Waals surface area contributed by atoms with Crippen LogP contribution in [0.3, 0.4) is 0 Å². The molecule has 2 aliphatic rings. The van der Waals surface area contributed by atoms with Gasteiger partial charge in [0.25, 0.3) is 10.2 Å². The van der Waals surface area contributed by atoms with Crippen LogP contribution in [0.15, 0.2) is 18.2 Å². The fourth-order valence-electron chi connectivity index (χ4n) is 2.20. The molecule has 0 amide bonds. The van der Waals surface area contributed by atoms with Crippen LogP contribution >= 0.6 is 0 Å². The van der Waals surface area contributed by atoms with Crippen LogP contribution in [-0.2, 0) is 16.6 Å². The van der Waals surface area contributed by atoms with Crippen molar-refractivity contribution in [2.24, 2.45) is 0 Å². The van der Waals surface area contributed by atoms with Gasteiger partial charge in [-0.25, -0.2) is 0 Å². The molecule has 6 heteroatoms. The van der Waals surface area contributed by atoms with Crippen LogP contribution in [-0.4, -0.2) is 21.0 Å². The summed E-state index contributed by atoms with van der Waals surface area (Å²) in [5.41, 5.74) is 2.78. The Morgan fingerprint density at radius 3 is 2.89 bits per heavy atom.